The van der Waals surface area contributed by atoms with Crippen molar-refractivity contribution in [2.24, 2.45) is 5.73 Å². The minimum atomic E-state index is -1.09. The molecule has 1 heterocycles. The normalized spacial score (nSPS) is 11.5. The number of primary amides is 1. The molecule has 39 heavy (non-hydrogen) atoms. The highest BCUT2D eigenvalue weighted by Gasteiger charge is 2.36. The highest BCUT2D eigenvalue weighted by molar-refractivity contribution is 6.45. The van der Waals surface area contributed by atoms with E-state index in [2.05, 4.69) is 0 Å². The molecule has 2 N–H and O–H groups in total. The van der Waals surface area contributed by atoms with Crippen molar-refractivity contribution in [2.75, 3.05) is 19.7 Å². The van der Waals surface area contributed by atoms with E-state index in [1.54, 1.807) is 32.9 Å². The van der Waals surface area contributed by atoms with Gasteiger partial charge < -0.3 is 15.0 Å². The number of amides is 2. The first-order valence-electron chi connectivity index (χ1n) is 12.8. The number of hydroxylamine groups is 3. The number of hydrogen-bond acceptors (Lipinski definition) is 6. The molecule has 202 valence electrons. The van der Waals surface area contributed by atoms with Crippen molar-refractivity contribution in [3.8, 4) is 5.75 Å². The lowest BCUT2D eigenvalue weighted by atomic mass is 10.0. The number of rotatable bonds is 9. The quantitative estimate of drug-likeness (QED) is 0.151. The molecule has 0 spiro atoms. The first-order valence-corrected chi connectivity index (χ1v) is 12.8. The lowest BCUT2D eigenvalue weighted by molar-refractivity contribution is -1.02. The SMILES string of the molecule is CC[N+](CC)(OC(=O)COc1cccc2c1c(C(=O)C(N)=O)c(C)n2Cc1cccc2ccccc12)C(C)=O. The lowest BCUT2D eigenvalue weighted by Crippen LogP contribution is -2.53. The Bertz CT molecular complexity index is 1590. The molecule has 1 aromatic heterocycles. The molecule has 0 unspecified atom stereocenters. The van der Waals surface area contributed by atoms with Crippen LogP contribution < -0.4 is 10.5 Å². The van der Waals surface area contributed by atoms with E-state index in [-0.39, 0.29) is 30.3 Å². The van der Waals surface area contributed by atoms with Gasteiger partial charge in [0.15, 0.2) is 6.61 Å². The third kappa shape index (κ3) is 5.13. The fourth-order valence-electron chi connectivity index (χ4n) is 5.04. The number of aromatic nitrogens is 1. The van der Waals surface area contributed by atoms with Gasteiger partial charge in [-0.25, -0.2) is 9.59 Å². The van der Waals surface area contributed by atoms with Crippen molar-refractivity contribution in [1.82, 2.24) is 4.57 Å². The van der Waals surface area contributed by atoms with Crippen LogP contribution in [-0.2, 0) is 25.8 Å². The molecule has 3 aromatic carbocycles. The van der Waals surface area contributed by atoms with Crippen LogP contribution in [-0.4, -0.2) is 52.5 Å². The number of nitrogens with two attached hydrogens (primary N) is 1. The smallest absolute Gasteiger partial charge is 0.404 e. The number of Topliss-reactive ketones (excluding diaryl/α,β-unsaturated/α-hetero) is 1. The van der Waals surface area contributed by atoms with Gasteiger partial charge in [0.05, 0.1) is 23.4 Å². The summed E-state index contributed by atoms with van der Waals surface area (Å²) in [6.45, 7) is 7.11. The maximum atomic E-state index is 13.0. The standard InChI is InChI=1S/C30H31N3O6/c1-5-33(6-2,20(4)34)39-26(35)18-38-25-16-10-15-24-28(25)27(29(36)30(31)37)19(3)32(24)17-22-13-9-12-21-11-7-8-14-23(21)22/h7-16H,5-6,17-18H2,1-4H3,(H-,31,37)/p+1. The van der Waals surface area contributed by atoms with Crippen LogP contribution in [0.25, 0.3) is 21.7 Å². The highest BCUT2D eigenvalue weighted by Crippen LogP contribution is 2.35. The van der Waals surface area contributed by atoms with Crippen LogP contribution in [0, 0.1) is 6.92 Å². The van der Waals surface area contributed by atoms with Crippen LogP contribution in [0.5, 0.6) is 5.75 Å². The second-order valence-corrected chi connectivity index (χ2v) is 9.32. The average molecular weight is 531 g/mol. The van der Waals surface area contributed by atoms with E-state index in [0.29, 0.717) is 23.1 Å². The Morgan fingerprint density at radius 3 is 2.26 bits per heavy atom. The zero-order valence-corrected chi connectivity index (χ0v) is 22.5. The van der Waals surface area contributed by atoms with Crippen molar-refractivity contribution in [1.29, 1.82) is 0 Å². The monoisotopic (exact) mass is 530 g/mol. The molecule has 0 bridgehead atoms. The Balaban J connectivity index is 1.76. The molecular weight excluding hydrogens is 498 g/mol. The van der Waals surface area contributed by atoms with Gasteiger partial charge in [-0.15, -0.1) is 0 Å². The van der Waals surface area contributed by atoms with Crippen LogP contribution in [0.3, 0.4) is 0 Å². The number of fused-ring (bicyclic) bond motifs is 2. The predicted octanol–water partition coefficient (Wildman–Crippen LogP) is 4.06. The molecule has 0 aliphatic rings. The van der Waals surface area contributed by atoms with E-state index in [4.69, 9.17) is 15.3 Å². The van der Waals surface area contributed by atoms with E-state index >= 15 is 0 Å². The van der Waals surface area contributed by atoms with Gasteiger partial charge in [-0.3, -0.25) is 14.4 Å². The van der Waals surface area contributed by atoms with Crippen LogP contribution in [0.2, 0.25) is 0 Å². The topological polar surface area (TPSA) is 118 Å². The average Bonchev–Trinajstić information content (AvgIpc) is 3.21. The van der Waals surface area contributed by atoms with Gasteiger partial charge in [0.25, 0.3) is 11.7 Å². The van der Waals surface area contributed by atoms with Crippen molar-refractivity contribution < 1.29 is 33.4 Å². The molecule has 0 radical (unpaired) electrons. The Morgan fingerprint density at radius 2 is 1.59 bits per heavy atom. The zero-order valence-electron chi connectivity index (χ0n) is 22.5. The van der Waals surface area contributed by atoms with Crippen molar-refractivity contribution in [3.63, 3.8) is 0 Å². The maximum Gasteiger partial charge on any atom is 0.404 e. The molecular formula is C30H32N3O6+. The second-order valence-electron chi connectivity index (χ2n) is 9.32. The summed E-state index contributed by atoms with van der Waals surface area (Å²) in [5, 5.41) is 2.53. The molecule has 0 aliphatic carbocycles. The van der Waals surface area contributed by atoms with Crippen LogP contribution in [0.1, 0.15) is 42.4 Å². The number of hydrogen-bond donors (Lipinski definition) is 1. The molecule has 0 atom stereocenters. The Hall–Kier alpha value is -4.50. The van der Waals surface area contributed by atoms with Crippen LogP contribution in [0.4, 0.5) is 0 Å². The Labute approximate surface area is 226 Å². The fraction of sp³-hybridized carbons (Fsp3) is 0.267. The number of nitrogens with zero attached hydrogens (tertiary/aromatic N) is 2. The lowest BCUT2D eigenvalue weighted by Gasteiger charge is -2.28. The molecule has 9 nitrogen and oxygen atoms in total. The number of ether oxygens (including phenoxy) is 1. The number of carbonyl (C=O) groups excluding carboxylic acids is 4. The van der Waals surface area contributed by atoms with Crippen LogP contribution in [0.15, 0.2) is 60.7 Å². The van der Waals surface area contributed by atoms with Gasteiger partial charge in [0.2, 0.25) is 0 Å². The summed E-state index contributed by atoms with van der Waals surface area (Å²) >= 11 is 0. The van der Waals surface area contributed by atoms with E-state index in [1.807, 2.05) is 53.1 Å². The van der Waals surface area contributed by atoms with E-state index in [1.165, 1.54) is 6.92 Å². The van der Waals surface area contributed by atoms with Gasteiger partial charge in [-0.2, -0.15) is 0 Å². The molecule has 0 saturated heterocycles. The van der Waals surface area contributed by atoms with Gasteiger partial charge >= 0.3 is 11.9 Å². The largest absolute Gasteiger partial charge is 0.481 e. The first-order chi connectivity index (χ1) is 18.6. The summed E-state index contributed by atoms with van der Waals surface area (Å²) in [4.78, 5) is 55.3. The van der Waals surface area contributed by atoms with E-state index < -0.39 is 28.9 Å². The van der Waals surface area contributed by atoms with Crippen molar-refractivity contribution in [3.05, 3.63) is 77.5 Å². The molecule has 4 aromatic rings. The number of ketones is 1. The van der Waals surface area contributed by atoms with Gasteiger partial charge in [-0.1, -0.05) is 53.2 Å². The van der Waals surface area contributed by atoms with Gasteiger partial charge in [0.1, 0.15) is 18.8 Å². The molecule has 0 aliphatic heterocycles. The molecule has 9 heteroatoms. The highest BCUT2D eigenvalue weighted by atomic mass is 16.8. The molecule has 0 fully saturated rings. The third-order valence-corrected chi connectivity index (χ3v) is 7.19. The summed E-state index contributed by atoms with van der Waals surface area (Å²) in [6.07, 6.45) is 0. The summed E-state index contributed by atoms with van der Waals surface area (Å²) in [7, 11) is 0. The maximum absolute atomic E-state index is 13.0. The summed E-state index contributed by atoms with van der Waals surface area (Å²) in [5.41, 5.74) is 7.76. The molecule has 0 saturated carbocycles. The molecule has 4 rings (SSSR count). The van der Waals surface area contributed by atoms with Crippen molar-refractivity contribution >= 4 is 45.2 Å². The minimum absolute atomic E-state index is 0.123. The number of benzene rings is 3. The van der Waals surface area contributed by atoms with Gasteiger partial charge in [-0.05, 0) is 49.2 Å². The fourth-order valence-corrected chi connectivity index (χ4v) is 5.04. The number of quaternary nitrogens is 1. The Kier molecular flexibility index (Phi) is 7.83. The summed E-state index contributed by atoms with van der Waals surface area (Å²) in [6, 6.07) is 19.2. The summed E-state index contributed by atoms with van der Waals surface area (Å²) < 4.78 is 7.32. The molecule has 2 amide bonds. The summed E-state index contributed by atoms with van der Waals surface area (Å²) in [5.74, 6) is -2.75. The van der Waals surface area contributed by atoms with Crippen molar-refractivity contribution in [2.45, 2.75) is 34.2 Å². The van der Waals surface area contributed by atoms with Crippen LogP contribution >= 0.6 is 0 Å². The second kappa shape index (κ2) is 11.1. The Morgan fingerprint density at radius 1 is 0.923 bits per heavy atom. The van der Waals surface area contributed by atoms with E-state index in [9.17, 15) is 19.2 Å². The third-order valence-electron chi connectivity index (χ3n) is 7.19. The van der Waals surface area contributed by atoms with Gasteiger partial charge in [0, 0.05) is 12.2 Å². The van der Waals surface area contributed by atoms with E-state index in [0.717, 1.165) is 16.3 Å². The first kappa shape index (κ1) is 27.5. The predicted molar refractivity (Wildman–Crippen MR) is 147 cm³/mol. The minimum Gasteiger partial charge on any atom is -0.481 e. The zero-order chi connectivity index (χ0) is 28.3. The number of carbonyl (C=O) groups is 4.